The maximum Gasteiger partial charge on any atom is 0.0449 e. The molecule has 2 rings (SSSR count). The minimum absolute atomic E-state index is 0.386. The fourth-order valence-corrected chi connectivity index (χ4v) is 2.99. The number of likely N-dealkylation sites (N-methyl/N-ethyl adjacent to an activating group) is 1. The molecule has 106 valence electrons. The van der Waals surface area contributed by atoms with Crippen LogP contribution in [0.2, 0.25) is 5.02 Å². The summed E-state index contributed by atoms with van der Waals surface area (Å²) in [5, 5.41) is 4.21. The number of nitrogens with one attached hydrogen (secondary N) is 1. The van der Waals surface area contributed by atoms with Crippen LogP contribution in [0.5, 0.6) is 0 Å². The van der Waals surface area contributed by atoms with Crippen molar-refractivity contribution in [1.82, 2.24) is 5.32 Å². The zero-order chi connectivity index (χ0) is 14.5. The molecule has 0 heterocycles. The second-order valence-electron chi connectivity index (χ2n) is 5.12. The lowest BCUT2D eigenvalue weighted by atomic mass is 9.98. The van der Waals surface area contributed by atoms with Gasteiger partial charge in [0.25, 0.3) is 0 Å². The Labute approximate surface area is 134 Å². The van der Waals surface area contributed by atoms with Crippen molar-refractivity contribution in [3.8, 4) is 0 Å². The quantitative estimate of drug-likeness (QED) is 0.816. The molecule has 0 aliphatic rings. The lowest BCUT2D eigenvalue weighted by Crippen LogP contribution is -2.30. The molecule has 0 aliphatic heterocycles. The average molecular weight is 353 g/mol. The lowest BCUT2D eigenvalue weighted by Gasteiger charge is -2.17. The van der Waals surface area contributed by atoms with Gasteiger partial charge in [0.15, 0.2) is 0 Å². The Morgan fingerprint density at radius 1 is 1.10 bits per heavy atom. The summed E-state index contributed by atoms with van der Waals surface area (Å²) in [5.41, 5.74) is 3.83. The van der Waals surface area contributed by atoms with E-state index in [4.69, 9.17) is 11.6 Å². The van der Waals surface area contributed by atoms with E-state index in [0.29, 0.717) is 6.04 Å². The molecule has 2 aromatic carbocycles. The number of benzene rings is 2. The van der Waals surface area contributed by atoms with Gasteiger partial charge < -0.3 is 5.32 Å². The van der Waals surface area contributed by atoms with Gasteiger partial charge >= 0.3 is 0 Å². The Bertz CT molecular complexity index is 566. The number of rotatable bonds is 5. The average Bonchev–Trinajstić information content (AvgIpc) is 2.43. The molecular weight excluding hydrogens is 334 g/mol. The molecule has 0 aromatic heterocycles. The molecule has 0 saturated heterocycles. The van der Waals surface area contributed by atoms with E-state index in [0.717, 1.165) is 22.3 Å². The molecule has 0 saturated carbocycles. The summed E-state index contributed by atoms with van der Waals surface area (Å²) in [5.74, 6) is 0. The summed E-state index contributed by atoms with van der Waals surface area (Å²) < 4.78 is 1.02. The summed E-state index contributed by atoms with van der Waals surface area (Å²) in [7, 11) is 2.01. The van der Waals surface area contributed by atoms with E-state index in [2.05, 4.69) is 58.5 Å². The fraction of sp³-hybridized carbons (Fsp3) is 0.294. The van der Waals surface area contributed by atoms with Crippen LogP contribution in [0.4, 0.5) is 0 Å². The monoisotopic (exact) mass is 351 g/mol. The highest BCUT2D eigenvalue weighted by Crippen LogP contribution is 2.23. The standard InChI is InChI=1S/C17H19BrClN/c1-12-3-5-13(6-4-12)9-16(20-2)10-14-7-8-15(18)11-17(14)19/h3-8,11,16,20H,9-10H2,1-2H3. The highest BCUT2D eigenvalue weighted by molar-refractivity contribution is 9.10. The molecule has 1 unspecified atom stereocenters. The summed E-state index contributed by atoms with van der Waals surface area (Å²) >= 11 is 9.74. The number of aryl methyl sites for hydroxylation is 1. The molecular formula is C17H19BrClN. The van der Waals surface area contributed by atoms with Gasteiger partial charge in [-0.2, -0.15) is 0 Å². The van der Waals surface area contributed by atoms with Crippen molar-refractivity contribution in [2.24, 2.45) is 0 Å². The summed E-state index contributed by atoms with van der Waals surface area (Å²) in [6.07, 6.45) is 1.93. The second-order valence-corrected chi connectivity index (χ2v) is 6.44. The van der Waals surface area contributed by atoms with Crippen molar-refractivity contribution in [2.75, 3.05) is 7.05 Å². The summed E-state index contributed by atoms with van der Waals surface area (Å²) in [6, 6.07) is 15.2. The van der Waals surface area contributed by atoms with E-state index < -0.39 is 0 Å². The topological polar surface area (TPSA) is 12.0 Å². The van der Waals surface area contributed by atoms with E-state index in [1.807, 2.05) is 19.2 Å². The maximum absolute atomic E-state index is 6.30. The molecule has 0 radical (unpaired) electrons. The third-order valence-electron chi connectivity index (χ3n) is 3.49. The molecule has 1 nitrogen and oxygen atoms in total. The van der Waals surface area contributed by atoms with Crippen molar-refractivity contribution < 1.29 is 0 Å². The van der Waals surface area contributed by atoms with Gasteiger partial charge in [-0.05, 0) is 50.1 Å². The van der Waals surface area contributed by atoms with Crippen LogP contribution in [0.15, 0.2) is 46.9 Å². The van der Waals surface area contributed by atoms with Crippen LogP contribution in [-0.4, -0.2) is 13.1 Å². The smallest absolute Gasteiger partial charge is 0.0449 e. The van der Waals surface area contributed by atoms with E-state index in [9.17, 15) is 0 Å². The molecule has 0 aliphatic carbocycles. The SMILES string of the molecule is CNC(Cc1ccc(C)cc1)Cc1ccc(Br)cc1Cl. The predicted molar refractivity (Wildman–Crippen MR) is 90.6 cm³/mol. The van der Waals surface area contributed by atoms with Gasteiger partial charge in [0.1, 0.15) is 0 Å². The number of hydrogen-bond acceptors (Lipinski definition) is 1. The first kappa shape index (κ1) is 15.6. The van der Waals surface area contributed by atoms with Gasteiger partial charge in [-0.1, -0.05) is 63.4 Å². The Kier molecular flexibility index (Phi) is 5.64. The van der Waals surface area contributed by atoms with Crippen LogP contribution in [0, 0.1) is 6.92 Å². The highest BCUT2D eigenvalue weighted by Gasteiger charge is 2.11. The summed E-state index contributed by atoms with van der Waals surface area (Å²) in [6.45, 7) is 2.11. The predicted octanol–water partition coefficient (Wildman–Crippen LogP) is 4.78. The van der Waals surface area contributed by atoms with Gasteiger partial charge in [-0.25, -0.2) is 0 Å². The Morgan fingerprint density at radius 2 is 1.80 bits per heavy atom. The minimum Gasteiger partial charge on any atom is -0.316 e. The Hall–Kier alpha value is -0.830. The molecule has 1 atom stereocenters. The van der Waals surface area contributed by atoms with E-state index in [1.165, 1.54) is 16.7 Å². The first-order valence-corrected chi connectivity index (χ1v) is 7.92. The van der Waals surface area contributed by atoms with Gasteiger partial charge in [0.2, 0.25) is 0 Å². The van der Waals surface area contributed by atoms with E-state index in [1.54, 1.807) is 0 Å². The van der Waals surface area contributed by atoms with Crippen LogP contribution in [0.25, 0.3) is 0 Å². The molecule has 1 N–H and O–H groups in total. The van der Waals surface area contributed by atoms with Gasteiger partial charge in [-0.15, -0.1) is 0 Å². The fourth-order valence-electron chi connectivity index (χ4n) is 2.24. The molecule has 0 spiro atoms. The van der Waals surface area contributed by atoms with E-state index in [-0.39, 0.29) is 0 Å². The van der Waals surface area contributed by atoms with Crippen LogP contribution in [0.1, 0.15) is 16.7 Å². The first-order valence-electron chi connectivity index (χ1n) is 6.75. The van der Waals surface area contributed by atoms with Crippen molar-refractivity contribution in [2.45, 2.75) is 25.8 Å². The number of hydrogen-bond donors (Lipinski definition) is 1. The third kappa shape index (κ3) is 4.34. The van der Waals surface area contributed by atoms with Crippen molar-refractivity contribution >= 4 is 27.5 Å². The van der Waals surface area contributed by atoms with Crippen LogP contribution < -0.4 is 5.32 Å². The molecule has 2 aromatic rings. The van der Waals surface area contributed by atoms with Crippen molar-refractivity contribution in [1.29, 1.82) is 0 Å². The van der Waals surface area contributed by atoms with Crippen molar-refractivity contribution in [3.63, 3.8) is 0 Å². The molecule has 0 bridgehead atoms. The first-order chi connectivity index (χ1) is 9.58. The normalized spacial score (nSPS) is 12.4. The Balaban J connectivity index is 2.07. The second kappa shape index (κ2) is 7.26. The van der Waals surface area contributed by atoms with Crippen molar-refractivity contribution in [3.05, 3.63) is 68.7 Å². The summed E-state index contributed by atoms with van der Waals surface area (Å²) in [4.78, 5) is 0. The van der Waals surface area contributed by atoms with Crippen LogP contribution in [0.3, 0.4) is 0 Å². The maximum atomic E-state index is 6.30. The van der Waals surface area contributed by atoms with E-state index >= 15 is 0 Å². The largest absolute Gasteiger partial charge is 0.316 e. The zero-order valence-corrected chi connectivity index (χ0v) is 14.1. The van der Waals surface area contributed by atoms with Gasteiger partial charge in [0.05, 0.1) is 0 Å². The minimum atomic E-state index is 0.386. The van der Waals surface area contributed by atoms with Crippen LogP contribution >= 0.6 is 27.5 Å². The molecule has 20 heavy (non-hydrogen) atoms. The van der Waals surface area contributed by atoms with Crippen LogP contribution in [-0.2, 0) is 12.8 Å². The lowest BCUT2D eigenvalue weighted by molar-refractivity contribution is 0.556. The van der Waals surface area contributed by atoms with Gasteiger partial charge in [-0.3, -0.25) is 0 Å². The highest BCUT2D eigenvalue weighted by atomic mass is 79.9. The van der Waals surface area contributed by atoms with Gasteiger partial charge in [0, 0.05) is 15.5 Å². The molecule has 3 heteroatoms. The zero-order valence-electron chi connectivity index (χ0n) is 11.8. The third-order valence-corrected chi connectivity index (χ3v) is 4.34. The Morgan fingerprint density at radius 3 is 2.40 bits per heavy atom. The molecule has 0 amide bonds. The number of halogens is 2. The molecule has 0 fully saturated rings.